The molecule has 1 aliphatic heterocycles. The number of rotatable bonds is 7. The molecule has 0 radical (unpaired) electrons. The minimum atomic E-state index is -2.90. The third-order valence-electron chi connectivity index (χ3n) is 3.68. The van der Waals surface area contributed by atoms with Gasteiger partial charge < -0.3 is 20.1 Å². The molecule has 8 heteroatoms. The van der Waals surface area contributed by atoms with Gasteiger partial charge in [-0.05, 0) is 12.5 Å². The summed E-state index contributed by atoms with van der Waals surface area (Å²) in [5.41, 5.74) is 0.552. The minimum Gasteiger partial charge on any atom is -0.434 e. The summed E-state index contributed by atoms with van der Waals surface area (Å²) in [6.07, 6.45) is 0.859. The van der Waals surface area contributed by atoms with Crippen LogP contribution in [-0.2, 0) is 9.53 Å². The predicted octanol–water partition coefficient (Wildman–Crippen LogP) is 2.66. The lowest BCUT2D eigenvalue weighted by Crippen LogP contribution is -2.44. The number of hydrogen-bond donors (Lipinski definition) is 2. The van der Waals surface area contributed by atoms with Gasteiger partial charge in [0.15, 0.2) is 0 Å². The molecule has 1 aliphatic rings. The van der Waals surface area contributed by atoms with Crippen molar-refractivity contribution in [2.45, 2.75) is 38.5 Å². The number of benzene rings is 1. The van der Waals surface area contributed by atoms with Crippen LogP contribution in [0.5, 0.6) is 5.75 Å². The second-order valence-corrected chi connectivity index (χ2v) is 5.37. The van der Waals surface area contributed by atoms with Gasteiger partial charge in [-0.15, -0.1) is 12.4 Å². The summed E-state index contributed by atoms with van der Waals surface area (Å²) >= 11 is 0. The molecule has 2 unspecified atom stereocenters. The van der Waals surface area contributed by atoms with Crippen molar-refractivity contribution < 1.29 is 23.0 Å². The van der Waals surface area contributed by atoms with Gasteiger partial charge in [0.1, 0.15) is 5.75 Å². The molecule has 0 saturated carbocycles. The molecular formula is C16H23ClF2N2O3. The summed E-state index contributed by atoms with van der Waals surface area (Å²) in [5.74, 6) is -0.0551. The van der Waals surface area contributed by atoms with E-state index in [9.17, 15) is 13.6 Å². The van der Waals surface area contributed by atoms with Crippen LogP contribution in [0.2, 0.25) is 0 Å². The van der Waals surface area contributed by atoms with E-state index in [0.29, 0.717) is 25.2 Å². The average Bonchev–Trinajstić information content (AvgIpc) is 2.54. The van der Waals surface area contributed by atoms with Crippen LogP contribution in [0.3, 0.4) is 0 Å². The molecule has 2 N–H and O–H groups in total. The highest BCUT2D eigenvalue weighted by molar-refractivity contribution is 5.85. The zero-order chi connectivity index (χ0) is 16.7. The Balaban J connectivity index is 0.00000288. The molecule has 1 fully saturated rings. The first-order valence-corrected chi connectivity index (χ1v) is 7.74. The summed E-state index contributed by atoms with van der Waals surface area (Å²) in [6.45, 7) is 0.850. The fourth-order valence-electron chi connectivity index (χ4n) is 2.60. The first-order chi connectivity index (χ1) is 11.1. The molecule has 1 saturated heterocycles. The molecule has 5 nitrogen and oxygen atoms in total. The van der Waals surface area contributed by atoms with E-state index < -0.39 is 6.61 Å². The lowest BCUT2D eigenvalue weighted by Gasteiger charge is -2.25. The van der Waals surface area contributed by atoms with Gasteiger partial charge in [0.2, 0.25) is 5.91 Å². The normalized spacial score (nSPS) is 18.6. The quantitative estimate of drug-likeness (QED) is 0.781. The first kappa shape index (κ1) is 20.6. The zero-order valence-corrected chi connectivity index (χ0v) is 14.3. The van der Waals surface area contributed by atoms with Crippen molar-refractivity contribution in [2.24, 2.45) is 0 Å². The molecule has 0 aromatic heterocycles. The average molecular weight is 365 g/mol. The van der Waals surface area contributed by atoms with E-state index in [4.69, 9.17) is 4.74 Å². The van der Waals surface area contributed by atoms with Crippen molar-refractivity contribution in [2.75, 3.05) is 19.8 Å². The standard InChI is InChI=1S/C16H22F2N2O3.ClH/c1-2-13(12-5-3-4-6-14(12)23-16(17)18)20-15(21)9-11-10-22-8-7-19-11;/h3-6,11,13,16,19H,2,7-10H2,1H3,(H,20,21);1H. The second kappa shape index (κ2) is 10.4. The molecule has 0 bridgehead atoms. The first-order valence-electron chi connectivity index (χ1n) is 7.74. The fourth-order valence-corrected chi connectivity index (χ4v) is 2.60. The Bertz CT molecular complexity index is 514. The van der Waals surface area contributed by atoms with Crippen LogP contribution in [-0.4, -0.2) is 38.3 Å². The molecule has 0 spiro atoms. The Hall–Kier alpha value is -1.44. The molecule has 1 aromatic carbocycles. The summed E-state index contributed by atoms with van der Waals surface area (Å²) in [7, 11) is 0. The number of carbonyl (C=O) groups excluding carboxylic acids is 1. The Labute approximate surface area is 146 Å². The van der Waals surface area contributed by atoms with Gasteiger partial charge >= 0.3 is 6.61 Å². The van der Waals surface area contributed by atoms with Crippen LogP contribution < -0.4 is 15.4 Å². The van der Waals surface area contributed by atoms with E-state index >= 15 is 0 Å². The fraction of sp³-hybridized carbons (Fsp3) is 0.562. The molecule has 1 amide bonds. The summed E-state index contributed by atoms with van der Waals surface area (Å²) in [6, 6.07) is 6.13. The number of amides is 1. The number of carbonyl (C=O) groups is 1. The van der Waals surface area contributed by atoms with Crippen LogP contribution in [0, 0.1) is 0 Å². The van der Waals surface area contributed by atoms with Crippen LogP contribution in [0.25, 0.3) is 0 Å². The SMILES string of the molecule is CCC(NC(=O)CC1COCCN1)c1ccccc1OC(F)F.Cl. The van der Waals surface area contributed by atoms with E-state index in [0.717, 1.165) is 6.54 Å². The van der Waals surface area contributed by atoms with Crippen molar-refractivity contribution in [1.29, 1.82) is 0 Å². The van der Waals surface area contributed by atoms with Crippen molar-refractivity contribution in [3.05, 3.63) is 29.8 Å². The van der Waals surface area contributed by atoms with Gasteiger partial charge in [0.25, 0.3) is 0 Å². The maximum absolute atomic E-state index is 12.5. The molecule has 1 heterocycles. The highest BCUT2D eigenvalue weighted by atomic mass is 35.5. The van der Waals surface area contributed by atoms with Gasteiger partial charge in [-0.25, -0.2) is 0 Å². The van der Waals surface area contributed by atoms with E-state index in [1.807, 2.05) is 6.92 Å². The topological polar surface area (TPSA) is 59.6 Å². The van der Waals surface area contributed by atoms with Gasteiger partial charge in [-0.1, -0.05) is 25.1 Å². The van der Waals surface area contributed by atoms with Crippen LogP contribution in [0.15, 0.2) is 24.3 Å². The van der Waals surface area contributed by atoms with Crippen LogP contribution >= 0.6 is 12.4 Å². The molecular weight excluding hydrogens is 342 g/mol. The number of halogens is 3. The zero-order valence-electron chi connectivity index (χ0n) is 13.5. The summed E-state index contributed by atoms with van der Waals surface area (Å²) in [4.78, 5) is 12.2. The van der Waals surface area contributed by atoms with E-state index in [-0.39, 0.29) is 42.6 Å². The Morgan fingerprint density at radius 2 is 2.21 bits per heavy atom. The smallest absolute Gasteiger partial charge is 0.387 e. The molecule has 2 atom stereocenters. The van der Waals surface area contributed by atoms with Gasteiger partial charge in [-0.3, -0.25) is 4.79 Å². The Morgan fingerprint density at radius 3 is 2.83 bits per heavy atom. The summed E-state index contributed by atoms with van der Waals surface area (Å²) < 4.78 is 34.9. The molecule has 2 rings (SSSR count). The third-order valence-corrected chi connectivity index (χ3v) is 3.68. The molecule has 1 aromatic rings. The number of para-hydroxylation sites is 1. The largest absolute Gasteiger partial charge is 0.434 e. The molecule has 136 valence electrons. The third kappa shape index (κ3) is 6.22. The Kier molecular flexibility index (Phi) is 8.95. The monoisotopic (exact) mass is 364 g/mol. The highest BCUT2D eigenvalue weighted by Crippen LogP contribution is 2.28. The second-order valence-electron chi connectivity index (χ2n) is 5.37. The van der Waals surface area contributed by atoms with E-state index in [1.165, 1.54) is 6.07 Å². The van der Waals surface area contributed by atoms with Crippen LogP contribution in [0.4, 0.5) is 8.78 Å². The van der Waals surface area contributed by atoms with E-state index in [2.05, 4.69) is 15.4 Å². The number of nitrogens with one attached hydrogen (secondary N) is 2. The maximum atomic E-state index is 12.5. The Morgan fingerprint density at radius 1 is 1.46 bits per heavy atom. The molecule has 24 heavy (non-hydrogen) atoms. The van der Waals surface area contributed by atoms with Crippen molar-refractivity contribution >= 4 is 18.3 Å². The lowest BCUT2D eigenvalue weighted by atomic mass is 10.0. The highest BCUT2D eigenvalue weighted by Gasteiger charge is 2.21. The number of alkyl halides is 2. The van der Waals surface area contributed by atoms with Gasteiger partial charge in [-0.2, -0.15) is 8.78 Å². The summed E-state index contributed by atoms with van der Waals surface area (Å²) in [5, 5.41) is 6.09. The van der Waals surface area contributed by atoms with Crippen molar-refractivity contribution in [1.82, 2.24) is 10.6 Å². The number of ether oxygens (including phenoxy) is 2. The van der Waals surface area contributed by atoms with Crippen molar-refractivity contribution in [3.8, 4) is 5.75 Å². The van der Waals surface area contributed by atoms with Gasteiger partial charge in [0.05, 0.1) is 19.3 Å². The van der Waals surface area contributed by atoms with Crippen LogP contribution in [0.1, 0.15) is 31.4 Å². The maximum Gasteiger partial charge on any atom is 0.387 e. The molecule has 0 aliphatic carbocycles. The predicted molar refractivity (Wildman–Crippen MR) is 88.7 cm³/mol. The minimum absolute atomic E-state index is 0. The van der Waals surface area contributed by atoms with Crippen molar-refractivity contribution in [3.63, 3.8) is 0 Å². The van der Waals surface area contributed by atoms with E-state index in [1.54, 1.807) is 18.2 Å². The van der Waals surface area contributed by atoms with Gasteiger partial charge in [0, 0.05) is 24.6 Å². The lowest BCUT2D eigenvalue weighted by molar-refractivity contribution is -0.123. The number of morpholine rings is 1. The number of hydrogen-bond acceptors (Lipinski definition) is 4.